The van der Waals surface area contributed by atoms with Crippen LogP contribution in [0.15, 0.2) is 0 Å². The molecule has 1 unspecified atom stereocenters. The lowest BCUT2D eigenvalue weighted by molar-refractivity contribution is -0.175. The summed E-state index contributed by atoms with van der Waals surface area (Å²) in [6.07, 6.45) is 1.02. The smallest absolute Gasteiger partial charge is 0.362 e. The van der Waals surface area contributed by atoms with Gasteiger partial charge in [-0.25, -0.2) is 0 Å². The minimum Gasteiger partial charge on any atom is -0.362 e. The van der Waals surface area contributed by atoms with Crippen molar-refractivity contribution in [1.82, 2.24) is 5.32 Å². The van der Waals surface area contributed by atoms with Crippen LogP contribution in [-0.2, 0) is 9.53 Å². The molecule has 1 aliphatic rings. The highest BCUT2D eigenvalue weighted by Gasteiger charge is 2.28. The standard InChI is InChI=1S/C12H21F3N2O2/c13-12(14,15)8-19-7-11(18)17-10(6-16)9-4-2-1-3-5-9/h9-10H,1-8,16H2,(H,17,18). The molecule has 4 nitrogen and oxygen atoms in total. The molecule has 0 radical (unpaired) electrons. The van der Waals surface area contributed by atoms with Crippen LogP contribution in [0.2, 0.25) is 0 Å². The third-order valence-corrected chi connectivity index (χ3v) is 3.32. The van der Waals surface area contributed by atoms with E-state index in [4.69, 9.17) is 5.73 Å². The average Bonchev–Trinajstić information content (AvgIpc) is 2.35. The molecule has 0 aromatic carbocycles. The fraction of sp³-hybridized carbons (Fsp3) is 0.917. The van der Waals surface area contributed by atoms with Crippen LogP contribution in [0.1, 0.15) is 32.1 Å². The fourth-order valence-corrected chi connectivity index (χ4v) is 2.41. The average molecular weight is 282 g/mol. The van der Waals surface area contributed by atoms with Gasteiger partial charge in [0.1, 0.15) is 13.2 Å². The van der Waals surface area contributed by atoms with E-state index in [1.165, 1.54) is 6.42 Å². The Balaban J connectivity index is 2.28. The number of carbonyl (C=O) groups is 1. The molecule has 19 heavy (non-hydrogen) atoms. The second kappa shape index (κ2) is 7.69. The van der Waals surface area contributed by atoms with E-state index in [1.807, 2.05) is 0 Å². The molecule has 1 rings (SSSR count). The molecule has 112 valence electrons. The summed E-state index contributed by atoms with van der Waals surface area (Å²) in [5.74, 6) is -0.212. The molecule has 7 heteroatoms. The third-order valence-electron chi connectivity index (χ3n) is 3.32. The van der Waals surface area contributed by atoms with Gasteiger partial charge in [-0.1, -0.05) is 19.3 Å². The molecule has 0 bridgehead atoms. The molecular formula is C12H21F3N2O2. The molecule has 0 aliphatic heterocycles. The van der Waals surface area contributed by atoms with E-state index >= 15 is 0 Å². The largest absolute Gasteiger partial charge is 0.411 e. The number of nitrogens with two attached hydrogens (primary N) is 1. The summed E-state index contributed by atoms with van der Waals surface area (Å²) in [6, 6.07) is -0.165. The Morgan fingerprint density at radius 3 is 2.47 bits per heavy atom. The maximum atomic E-state index is 11.8. The van der Waals surface area contributed by atoms with Crippen LogP contribution in [0.3, 0.4) is 0 Å². The zero-order chi connectivity index (χ0) is 14.3. The van der Waals surface area contributed by atoms with Crippen molar-refractivity contribution < 1.29 is 22.7 Å². The van der Waals surface area contributed by atoms with Crippen LogP contribution < -0.4 is 11.1 Å². The minimum absolute atomic E-state index is 0.165. The Labute approximate surface area is 110 Å². The summed E-state index contributed by atoms with van der Waals surface area (Å²) in [6.45, 7) is -1.68. The summed E-state index contributed by atoms with van der Waals surface area (Å²) >= 11 is 0. The van der Waals surface area contributed by atoms with Crippen molar-refractivity contribution in [3.8, 4) is 0 Å². The molecule has 0 aromatic rings. The van der Waals surface area contributed by atoms with Gasteiger partial charge in [0.25, 0.3) is 0 Å². The zero-order valence-electron chi connectivity index (χ0n) is 10.8. The normalized spacial score (nSPS) is 19.2. The summed E-state index contributed by atoms with van der Waals surface area (Å²) in [7, 11) is 0. The van der Waals surface area contributed by atoms with Crippen LogP contribution in [-0.4, -0.2) is 37.9 Å². The number of halogens is 3. The lowest BCUT2D eigenvalue weighted by Crippen LogP contribution is -2.47. The number of amides is 1. The molecule has 1 fully saturated rings. The molecule has 0 heterocycles. The van der Waals surface area contributed by atoms with Gasteiger partial charge in [0.05, 0.1) is 0 Å². The second-order valence-electron chi connectivity index (χ2n) is 4.92. The zero-order valence-corrected chi connectivity index (χ0v) is 10.8. The van der Waals surface area contributed by atoms with Crippen molar-refractivity contribution in [3.05, 3.63) is 0 Å². The van der Waals surface area contributed by atoms with Crippen molar-refractivity contribution >= 4 is 5.91 Å². The number of hydrogen-bond donors (Lipinski definition) is 2. The Morgan fingerprint density at radius 2 is 1.95 bits per heavy atom. The van der Waals surface area contributed by atoms with Crippen molar-refractivity contribution in [2.45, 2.75) is 44.3 Å². The quantitative estimate of drug-likeness (QED) is 0.777. The van der Waals surface area contributed by atoms with E-state index in [-0.39, 0.29) is 6.04 Å². The van der Waals surface area contributed by atoms with Gasteiger partial charge < -0.3 is 15.8 Å². The van der Waals surface area contributed by atoms with E-state index in [1.54, 1.807) is 0 Å². The molecule has 0 saturated heterocycles. The highest BCUT2D eigenvalue weighted by Crippen LogP contribution is 2.26. The monoisotopic (exact) mass is 282 g/mol. The van der Waals surface area contributed by atoms with Crippen LogP contribution >= 0.6 is 0 Å². The molecule has 0 aromatic heterocycles. The number of carbonyl (C=O) groups excluding carboxylic acids is 1. The minimum atomic E-state index is -4.41. The summed E-state index contributed by atoms with van der Waals surface area (Å²) in [4.78, 5) is 11.5. The number of hydrogen-bond acceptors (Lipinski definition) is 3. The fourth-order valence-electron chi connectivity index (χ4n) is 2.41. The maximum Gasteiger partial charge on any atom is 0.411 e. The van der Waals surface area contributed by atoms with E-state index in [9.17, 15) is 18.0 Å². The number of alkyl halides is 3. The summed E-state index contributed by atoms with van der Waals surface area (Å²) in [5.41, 5.74) is 5.61. The molecule has 1 atom stereocenters. The molecule has 1 amide bonds. The summed E-state index contributed by atoms with van der Waals surface area (Å²) in [5, 5.41) is 2.67. The van der Waals surface area contributed by atoms with E-state index in [0.29, 0.717) is 12.5 Å². The van der Waals surface area contributed by atoms with Gasteiger partial charge in [0, 0.05) is 12.6 Å². The summed E-state index contributed by atoms with van der Waals surface area (Å²) < 4.78 is 39.9. The third kappa shape index (κ3) is 6.77. The Hall–Kier alpha value is -0.820. The Morgan fingerprint density at radius 1 is 1.32 bits per heavy atom. The van der Waals surface area contributed by atoms with Crippen molar-refractivity contribution in [2.24, 2.45) is 11.7 Å². The second-order valence-corrected chi connectivity index (χ2v) is 4.92. The number of nitrogens with one attached hydrogen (secondary N) is 1. The number of rotatable bonds is 6. The molecule has 0 spiro atoms. The first kappa shape index (κ1) is 16.2. The Bertz CT molecular complexity index is 279. The van der Waals surface area contributed by atoms with Gasteiger partial charge in [-0.2, -0.15) is 13.2 Å². The molecule has 1 saturated carbocycles. The van der Waals surface area contributed by atoms with Gasteiger partial charge >= 0.3 is 6.18 Å². The van der Waals surface area contributed by atoms with Gasteiger partial charge in [-0.15, -0.1) is 0 Å². The topological polar surface area (TPSA) is 64.3 Å². The predicted octanol–water partition coefficient (Wildman–Crippen LogP) is 1.59. The van der Waals surface area contributed by atoms with Gasteiger partial charge in [-0.05, 0) is 18.8 Å². The molecule has 1 aliphatic carbocycles. The van der Waals surface area contributed by atoms with Gasteiger partial charge in [0.15, 0.2) is 0 Å². The van der Waals surface area contributed by atoms with Crippen molar-refractivity contribution in [1.29, 1.82) is 0 Å². The van der Waals surface area contributed by atoms with Crippen LogP contribution in [0.4, 0.5) is 13.2 Å². The lowest BCUT2D eigenvalue weighted by atomic mass is 9.84. The van der Waals surface area contributed by atoms with Crippen LogP contribution in [0.5, 0.6) is 0 Å². The SMILES string of the molecule is NCC(NC(=O)COCC(F)(F)F)C1CCCCC1. The highest BCUT2D eigenvalue weighted by molar-refractivity contribution is 5.77. The first-order chi connectivity index (χ1) is 8.92. The maximum absolute atomic E-state index is 11.8. The first-order valence-electron chi connectivity index (χ1n) is 6.56. The predicted molar refractivity (Wildman–Crippen MR) is 64.4 cm³/mol. The van der Waals surface area contributed by atoms with Gasteiger partial charge in [0.2, 0.25) is 5.91 Å². The Kier molecular flexibility index (Phi) is 6.57. The van der Waals surface area contributed by atoms with Crippen molar-refractivity contribution in [3.63, 3.8) is 0 Å². The van der Waals surface area contributed by atoms with E-state index < -0.39 is 25.3 Å². The van der Waals surface area contributed by atoms with E-state index in [0.717, 1.165) is 25.7 Å². The van der Waals surface area contributed by atoms with Gasteiger partial charge in [-0.3, -0.25) is 4.79 Å². The number of ether oxygens (including phenoxy) is 1. The molecule has 3 N–H and O–H groups in total. The highest BCUT2D eigenvalue weighted by atomic mass is 19.4. The van der Waals surface area contributed by atoms with Crippen LogP contribution in [0.25, 0.3) is 0 Å². The van der Waals surface area contributed by atoms with E-state index in [2.05, 4.69) is 10.1 Å². The van der Waals surface area contributed by atoms with Crippen LogP contribution in [0, 0.1) is 5.92 Å². The van der Waals surface area contributed by atoms with Crippen molar-refractivity contribution in [2.75, 3.05) is 19.8 Å². The lowest BCUT2D eigenvalue weighted by Gasteiger charge is -2.30. The molecular weight excluding hydrogens is 261 g/mol. The first-order valence-corrected chi connectivity index (χ1v) is 6.56.